The molecule has 106 valence electrons. The van der Waals surface area contributed by atoms with Crippen LogP contribution in [0.1, 0.15) is 17.8 Å². The number of rotatable bonds is 5. The number of methoxy groups -OCH3 is 1. The summed E-state index contributed by atoms with van der Waals surface area (Å²) in [6.07, 6.45) is 0.132. The van der Waals surface area contributed by atoms with Gasteiger partial charge in [0.25, 0.3) is 0 Å². The van der Waals surface area contributed by atoms with E-state index in [1.165, 1.54) is 7.11 Å². The van der Waals surface area contributed by atoms with Gasteiger partial charge in [-0.1, -0.05) is 5.16 Å². The zero-order valence-corrected chi connectivity index (χ0v) is 11.6. The minimum Gasteiger partial charge on any atom is -0.377 e. The third-order valence-corrected chi connectivity index (χ3v) is 3.29. The maximum Gasteiger partial charge on any atom is 0.234 e. The predicted octanol–water partition coefficient (Wildman–Crippen LogP) is -0.254. The van der Waals surface area contributed by atoms with Gasteiger partial charge >= 0.3 is 0 Å². The number of piperazine rings is 1. The Kier molecular flexibility index (Phi) is 4.62. The molecule has 0 spiro atoms. The summed E-state index contributed by atoms with van der Waals surface area (Å²) in [6.45, 7) is 2.93. The van der Waals surface area contributed by atoms with Gasteiger partial charge in [0, 0.05) is 26.7 Å². The minimum atomic E-state index is -0.0631. The first-order chi connectivity index (χ1) is 9.10. The number of ether oxygens (including phenoxy) is 1. The Morgan fingerprint density at radius 1 is 1.47 bits per heavy atom. The summed E-state index contributed by atoms with van der Waals surface area (Å²) >= 11 is 0. The van der Waals surface area contributed by atoms with Crippen LogP contribution in [0.2, 0.25) is 0 Å². The van der Waals surface area contributed by atoms with E-state index in [1.807, 2.05) is 7.05 Å². The average molecular weight is 268 g/mol. The molecule has 1 saturated heterocycles. The Morgan fingerprint density at radius 3 is 3.00 bits per heavy atom. The van der Waals surface area contributed by atoms with Crippen LogP contribution in [-0.4, -0.2) is 73.2 Å². The van der Waals surface area contributed by atoms with Gasteiger partial charge in [-0.25, -0.2) is 0 Å². The predicted molar refractivity (Wildman–Crippen MR) is 67.8 cm³/mol. The lowest BCUT2D eigenvalue weighted by atomic mass is 10.2. The van der Waals surface area contributed by atoms with Gasteiger partial charge in [-0.15, -0.1) is 0 Å². The van der Waals surface area contributed by atoms with E-state index >= 15 is 0 Å². The largest absolute Gasteiger partial charge is 0.377 e. The van der Waals surface area contributed by atoms with Gasteiger partial charge in [0.05, 0.1) is 12.5 Å². The number of Topliss-reactive ketones (excluding diaryl/α,β-unsaturated/α-hetero) is 1. The summed E-state index contributed by atoms with van der Waals surface area (Å²) in [4.78, 5) is 20.2. The van der Waals surface area contributed by atoms with Crippen molar-refractivity contribution in [2.75, 3.05) is 47.4 Å². The van der Waals surface area contributed by atoms with Crippen molar-refractivity contribution < 1.29 is 14.1 Å². The highest BCUT2D eigenvalue weighted by molar-refractivity contribution is 5.81. The summed E-state index contributed by atoms with van der Waals surface area (Å²) in [5, 5.41) is 3.99. The first-order valence-electron chi connectivity index (χ1n) is 6.32. The van der Waals surface area contributed by atoms with Gasteiger partial charge in [0.2, 0.25) is 5.89 Å². The highest BCUT2D eigenvalue weighted by atomic mass is 16.5. The highest BCUT2D eigenvalue weighted by Crippen LogP contribution is 2.20. The van der Waals surface area contributed by atoms with E-state index < -0.39 is 0 Å². The number of likely N-dealkylation sites (N-methyl/N-ethyl adjacent to an activating group) is 2. The number of hydrogen-bond donors (Lipinski definition) is 0. The number of hydrogen-bond acceptors (Lipinski definition) is 7. The minimum absolute atomic E-state index is 0.0631. The number of nitrogens with zero attached hydrogens (tertiary/aromatic N) is 4. The molecule has 0 saturated carbocycles. The normalized spacial score (nSPS) is 21.7. The monoisotopic (exact) mass is 268 g/mol. The molecule has 7 heteroatoms. The lowest BCUT2D eigenvalue weighted by Gasteiger charge is -2.35. The maximum atomic E-state index is 11.4. The van der Waals surface area contributed by atoms with E-state index in [2.05, 4.69) is 27.0 Å². The van der Waals surface area contributed by atoms with Gasteiger partial charge in [-0.2, -0.15) is 4.98 Å². The molecule has 1 aromatic heterocycles. The summed E-state index contributed by atoms with van der Waals surface area (Å²) in [7, 11) is 5.61. The lowest BCUT2D eigenvalue weighted by molar-refractivity contribution is -0.122. The SMILES string of the molecule is COCC(=O)Cc1nc(C2CN(C)CCN2C)no1. The van der Waals surface area contributed by atoms with Crippen LogP contribution >= 0.6 is 0 Å². The van der Waals surface area contributed by atoms with Crippen molar-refractivity contribution in [3.63, 3.8) is 0 Å². The molecule has 7 nitrogen and oxygen atoms in total. The summed E-state index contributed by atoms with van der Waals surface area (Å²) < 4.78 is 9.91. The molecule has 1 aromatic rings. The molecule has 1 atom stereocenters. The van der Waals surface area contributed by atoms with Crippen LogP contribution in [0.5, 0.6) is 0 Å². The molecule has 1 aliphatic heterocycles. The molecule has 2 rings (SSSR count). The highest BCUT2D eigenvalue weighted by Gasteiger charge is 2.28. The van der Waals surface area contributed by atoms with Crippen LogP contribution in [-0.2, 0) is 16.0 Å². The van der Waals surface area contributed by atoms with E-state index in [0.717, 1.165) is 19.6 Å². The number of carbonyl (C=O) groups is 1. The molecule has 0 aromatic carbocycles. The second-order valence-electron chi connectivity index (χ2n) is 4.95. The first-order valence-corrected chi connectivity index (χ1v) is 6.32. The van der Waals surface area contributed by atoms with E-state index in [9.17, 15) is 4.79 Å². The Morgan fingerprint density at radius 2 is 2.26 bits per heavy atom. The standard InChI is InChI=1S/C12H20N4O3/c1-15-4-5-16(2)10(7-15)12-13-11(19-14-12)6-9(17)8-18-3/h10H,4-8H2,1-3H3. The second kappa shape index (κ2) is 6.23. The van der Waals surface area contributed by atoms with Crippen LogP contribution in [0.3, 0.4) is 0 Å². The molecule has 1 fully saturated rings. The van der Waals surface area contributed by atoms with Crippen LogP contribution in [0.4, 0.5) is 0 Å². The zero-order chi connectivity index (χ0) is 13.8. The maximum absolute atomic E-state index is 11.4. The molecule has 19 heavy (non-hydrogen) atoms. The molecule has 1 aliphatic rings. The second-order valence-corrected chi connectivity index (χ2v) is 4.95. The zero-order valence-electron chi connectivity index (χ0n) is 11.6. The van der Waals surface area contributed by atoms with Crippen molar-refractivity contribution in [1.29, 1.82) is 0 Å². The van der Waals surface area contributed by atoms with Gasteiger partial charge in [-0.3, -0.25) is 9.69 Å². The van der Waals surface area contributed by atoms with E-state index in [0.29, 0.717) is 11.7 Å². The van der Waals surface area contributed by atoms with Gasteiger partial charge < -0.3 is 14.2 Å². The third-order valence-electron chi connectivity index (χ3n) is 3.29. The fourth-order valence-corrected chi connectivity index (χ4v) is 2.14. The summed E-state index contributed by atoms with van der Waals surface area (Å²) in [6, 6.07) is 0.119. The molecule has 0 bridgehead atoms. The van der Waals surface area contributed by atoms with Crippen LogP contribution < -0.4 is 0 Å². The first kappa shape index (κ1) is 14.1. The summed E-state index contributed by atoms with van der Waals surface area (Å²) in [5.74, 6) is 0.944. The average Bonchev–Trinajstić information content (AvgIpc) is 2.81. The van der Waals surface area contributed by atoms with Crippen molar-refractivity contribution in [2.45, 2.75) is 12.5 Å². The Bertz CT molecular complexity index is 434. The topological polar surface area (TPSA) is 71.7 Å². The summed E-state index contributed by atoms with van der Waals surface area (Å²) in [5.41, 5.74) is 0. The third kappa shape index (κ3) is 3.59. The van der Waals surface area contributed by atoms with Crippen molar-refractivity contribution >= 4 is 5.78 Å². The Hall–Kier alpha value is -1.31. The van der Waals surface area contributed by atoms with E-state index in [-0.39, 0.29) is 24.9 Å². The molecular formula is C12H20N4O3. The molecular weight excluding hydrogens is 248 g/mol. The number of aromatic nitrogens is 2. The molecule has 2 heterocycles. The lowest BCUT2D eigenvalue weighted by Crippen LogP contribution is -2.45. The fraction of sp³-hybridized carbons (Fsp3) is 0.750. The Balaban J connectivity index is 2.01. The molecule has 0 radical (unpaired) electrons. The fourth-order valence-electron chi connectivity index (χ4n) is 2.14. The van der Waals surface area contributed by atoms with Gasteiger partial charge in [-0.05, 0) is 14.1 Å². The van der Waals surface area contributed by atoms with Crippen LogP contribution in [0, 0.1) is 0 Å². The molecule has 0 N–H and O–H groups in total. The molecule has 0 aliphatic carbocycles. The van der Waals surface area contributed by atoms with Crippen LogP contribution in [0.25, 0.3) is 0 Å². The van der Waals surface area contributed by atoms with Crippen molar-refractivity contribution in [3.05, 3.63) is 11.7 Å². The van der Waals surface area contributed by atoms with Gasteiger partial charge in [0.1, 0.15) is 6.61 Å². The van der Waals surface area contributed by atoms with E-state index in [4.69, 9.17) is 9.26 Å². The Labute approximate surface area is 112 Å². The number of ketones is 1. The van der Waals surface area contributed by atoms with Crippen molar-refractivity contribution in [2.24, 2.45) is 0 Å². The molecule has 1 unspecified atom stereocenters. The molecule has 0 amide bonds. The van der Waals surface area contributed by atoms with E-state index in [1.54, 1.807) is 0 Å². The van der Waals surface area contributed by atoms with Gasteiger partial charge in [0.15, 0.2) is 11.6 Å². The van der Waals surface area contributed by atoms with Crippen molar-refractivity contribution in [3.8, 4) is 0 Å². The smallest absolute Gasteiger partial charge is 0.234 e. The quantitative estimate of drug-likeness (QED) is 0.729. The number of carbonyl (C=O) groups excluding carboxylic acids is 1. The van der Waals surface area contributed by atoms with Crippen LogP contribution in [0.15, 0.2) is 4.52 Å². The van der Waals surface area contributed by atoms with Crippen molar-refractivity contribution in [1.82, 2.24) is 19.9 Å².